The maximum absolute atomic E-state index is 11.9. The second-order valence-corrected chi connectivity index (χ2v) is 5.32. The van der Waals surface area contributed by atoms with E-state index < -0.39 is 0 Å². The summed E-state index contributed by atoms with van der Waals surface area (Å²) < 4.78 is 0. The fourth-order valence-electron chi connectivity index (χ4n) is 1.80. The number of nitrogens with one attached hydrogen (secondary N) is 1. The van der Waals surface area contributed by atoms with Crippen molar-refractivity contribution in [2.45, 2.75) is 65.0 Å². The van der Waals surface area contributed by atoms with Crippen LogP contribution in [0.4, 0.5) is 0 Å². The van der Waals surface area contributed by atoms with Crippen LogP contribution in [0.5, 0.6) is 0 Å². The van der Waals surface area contributed by atoms with Crippen LogP contribution in [0.3, 0.4) is 0 Å². The van der Waals surface area contributed by atoms with E-state index >= 15 is 0 Å². The first-order valence-corrected chi connectivity index (χ1v) is 6.02. The molecule has 0 aliphatic heterocycles. The van der Waals surface area contributed by atoms with E-state index in [1.807, 2.05) is 13.8 Å². The number of nitrogens with two attached hydrogens (primary N) is 1. The maximum Gasteiger partial charge on any atom is 0.225 e. The molecule has 1 aliphatic carbocycles. The van der Waals surface area contributed by atoms with Crippen molar-refractivity contribution in [2.75, 3.05) is 0 Å². The van der Waals surface area contributed by atoms with Gasteiger partial charge in [-0.05, 0) is 32.1 Å². The SMILES string of the molecule is CCC(C)(C)C(=O)NC1CCC(N)CC1.Cl. The molecule has 1 rings (SSSR count). The van der Waals surface area contributed by atoms with E-state index in [0.717, 1.165) is 32.1 Å². The van der Waals surface area contributed by atoms with Gasteiger partial charge in [0.2, 0.25) is 5.91 Å². The Labute approximate surface area is 105 Å². The molecule has 3 N–H and O–H groups in total. The number of carbonyl (C=O) groups excluding carboxylic acids is 1. The van der Waals surface area contributed by atoms with Crippen LogP contribution in [-0.2, 0) is 4.79 Å². The molecular formula is C12H25ClN2O. The molecule has 0 aromatic carbocycles. The highest BCUT2D eigenvalue weighted by Crippen LogP contribution is 2.22. The van der Waals surface area contributed by atoms with Gasteiger partial charge in [0.05, 0.1) is 0 Å². The lowest BCUT2D eigenvalue weighted by atomic mass is 9.87. The fourth-order valence-corrected chi connectivity index (χ4v) is 1.80. The molecule has 0 unspecified atom stereocenters. The van der Waals surface area contributed by atoms with Crippen LogP contribution in [0.2, 0.25) is 0 Å². The van der Waals surface area contributed by atoms with E-state index in [0.29, 0.717) is 12.1 Å². The third-order valence-corrected chi connectivity index (χ3v) is 3.61. The van der Waals surface area contributed by atoms with Crippen molar-refractivity contribution in [1.29, 1.82) is 0 Å². The molecule has 0 radical (unpaired) electrons. The van der Waals surface area contributed by atoms with Crippen LogP contribution < -0.4 is 11.1 Å². The molecule has 1 saturated carbocycles. The standard InChI is InChI=1S/C12H24N2O.ClH/c1-4-12(2,3)11(15)14-10-7-5-9(13)6-8-10;/h9-10H,4-8,13H2,1-3H3,(H,14,15);1H. The van der Waals surface area contributed by atoms with E-state index in [4.69, 9.17) is 5.73 Å². The Bertz CT molecular complexity index is 223. The lowest BCUT2D eigenvalue weighted by Crippen LogP contribution is -2.45. The Morgan fingerprint density at radius 2 is 1.81 bits per heavy atom. The van der Waals surface area contributed by atoms with Gasteiger partial charge in [-0.2, -0.15) is 0 Å². The van der Waals surface area contributed by atoms with Gasteiger partial charge in [0.1, 0.15) is 0 Å². The molecule has 1 aliphatic rings. The number of rotatable bonds is 3. The van der Waals surface area contributed by atoms with Crippen molar-refractivity contribution in [3.05, 3.63) is 0 Å². The Kier molecular flexibility index (Phi) is 6.34. The zero-order valence-electron chi connectivity index (χ0n) is 10.6. The summed E-state index contributed by atoms with van der Waals surface area (Å²) in [5, 5.41) is 3.14. The third-order valence-electron chi connectivity index (χ3n) is 3.61. The number of carbonyl (C=O) groups is 1. The summed E-state index contributed by atoms with van der Waals surface area (Å²) in [4.78, 5) is 11.9. The molecule has 0 spiro atoms. The topological polar surface area (TPSA) is 55.1 Å². The van der Waals surface area contributed by atoms with E-state index in [-0.39, 0.29) is 23.7 Å². The number of hydrogen-bond acceptors (Lipinski definition) is 2. The predicted octanol–water partition coefficient (Wildman–Crippen LogP) is 2.23. The minimum absolute atomic E-state index is 0. The van der Waals surface area contributed by atoms with Crippen molar-refractivity contribution in [1.82, 2.24) is 5.32 Å². The minimum Gasteiger partial charge on any atom is -0.353 e. The summed E-state index contributed by atoms with van der Waals surface area (Å²) >= 11 is 0. The Balaban J connectivity index is 0.00000225. The molecule has 1 amide bonds. The highest BCUT2D eigenvalue weighted by molar-refractivity contribution is 5.85. The van der Waals surface area contributed by atoms with Gasteiger partial charge in [0, 0.05) is 17.5 Å². The van der Waals surface area contributed by atoms with Gasteiger partial charge in [-0.15, -0.1) is 12.4 Å². The summed E-state index contributed by atoms with van der Waals surface area (Å²) in [6.07, 6.45) is 5.03. The molecule has 16 heavy (non-hydrogen) atoms. The Morgan fingerprint density at radius 3 is 2.25 bits per heavy atom. The highest BCUT2D eigenvalue weighted by atomic mass is 35.5. The van der Waals surface area contributed by atoms with Crippen molar-refractivity contribution in [3.8, 4) is 0 Å². The summed E-state index contributed by atoms with van der Waals surface area (Å²) in [6.45, 7) is 6.05. The van der Waals surface area contributed by atoms with E-state index in [2.05, 4.69) is 12.2 Å². The molecule has 0 aromatic heterocycles. The monoisotopic (exact) mass is 248 g/mol. The first kappa shape index (κ1) is 15.7. The zero-order valence-corrected chi connectivity index (χ0v) is 11.4. The molecule has 0 aromatic rings. The van der Waals surface area contributed by atoms with Gasteiger partial charge in [-0.3, -0.25) is 4.79 Å². The van der Waals surface area contributed by atoms with Gasteiger partial charge in [0.15, 0.2) is 0 Å². The fraction of sp³-hybridized carbons (Fsp3) is 0.917. The van der Waals surface area contributed by atoms with Crippen LogP contribution in [0, 0.1) is 5.41 Å². The minimum atomic E-state index is -0.237. The van der Waals surface area contributed by atoms with Gasteiger partial charge in [-0.1, -0.05) is 20.8 Å². The number of halogens is 1. The smallest absolute Gasteiger partial charge is 0.225 e. The summed E-state index contributed by atoms with van der Waals surface area (Å²) in [5.41, 5.74) is 5.59. The van der Waals surface area contributed by atoms with Crippen LogP contribution >= 0.6 is 12.4 Å². The highest BCUT2D eigenvalue weighted by Gasteiger charge is 2.28. The zero-order chi connectivity index (χ0) is 11.5. The van der Waals surface area contributed by atoms with Crippen LogP contribution in [0.25, 0.3) is 0 Å². The Hall–Kier alpha value is -0.280. The van der Waals surface area contributed by atoms with Crippen LogP contribution in [-0.4, -0.2) is 18.0 Å². The average molecular weight is 249 g/mol. The lowest BCUT2D eigenvalue weighted by Gasteiger charge is -2.30. The van der Waals surface area contributed by atoms with Crippen molar-refractivity contribution in [3.63, 3.8) is 0 Å². The molecule has 0 heterocycles. The molecular weight excluding hydrogens is 224 g/mol. The van der Waals surface area contributed by atoms with E-state index in [1.54, 1.807) is 0 Å². The van der Waals surface area contributed by atoms with Gasteiger partial charge >= 0.3 is 0 Å². The lowest BCUT2D eigenvalue weighted by molar-refractivity contribution is -0.130. The van der Waals surface area contributed by atoms with Crippen LogP contribution in [0.1, 0.15) is 52.9 Å². The number of amides is 1. The van der Waals surface area contributed by atoms with Crippen molar-refractivity contribution < 1.29 is 4.79 Å². The van der Waals surface area contributed by atoms with E-state index in [9.17, 15) is 4.79 Å². The molecule has 4 heteroatoms. The molecule has 0 saturated heterocycles. The third kappa shape index (κ3) is 4.30. The first-order chi connectivity index (χ1) is 6.95. The second-order valence-electron chi connectivity index (χ2n) is 5.32. The maximum atomic E-state index is 11.9. The van der Waals surface area contributed by atoms with Crippen molar-refractivity contribution in [2.24, 2.45) is 11.1 Å². The molecule has 96 valence electrons. The van der Waals surface area contributed by atoms with Crippen molar-refractivity contribution >= 4 is 18.3 Å². The molecule has 0 atom stereocenters. The molecule has 3 nitrogen and oxygen atoms in total. The normalized spacial score (nSPS) is 25.8. The summed E-state index contributed by atoms with van der Waals surface area (Å²) in [6, 6.07) is 0.695. The molecule has 0 bridgehead atoms. The quantitative estimate of drug-likeness (QED) is 0.805. The number of hydrogen-bond donors (Lipinski definition) is 2. The average Bonchev–Trinajstić information content (AvgIpc) is 2.21. The summed E-state index contributed by atoms with van der Waals surface area (Å²) in [7, 11) is 0. The van der Waals surface area contributed by atoms with Crippen LogP contribution in [0.15, 0.2) is 0 Å². The van der Waals surface area contributed by atoms with Gasteiger partial charge in [-0.25, -0.2) is 0 Å². The Morgan fingerprint density at radius 1 is 1.31 bits per heavy atom. The van der Waals surface area contributed by atoms with Gasteiger partial charge in [0.25, 0.3) is 0 Å². The largest absolute Gasteiger partial charge is 0.353 e. The summed E-state index contributed by atoms with van der Waals surface area (Å²) in [5.74, 6) is 0.186. The first-order valence-electron chi connectivity index (χ1n) is 6.02. The van der Waals surface area contributed by atoms with E-state index in [1.165, 1.54) is 0 Å². The van der Waals surface area contributed by atoms with Gasteiger partial charge < -0.3 is 11.1 Å². The second kappa shape index (κ2) is 6.45. The predicted molar refractivity (Wildman–Crippen MR) is 69.7 cm³/mol. The molecule has 1 fully saturated rings.